The number of hydrogen-bond donors (Lipinski definition) is 1. The minimum absolute atomic E-state index is 0.0168. The summed E-state index contributed by atoms with van der Waals surface area (Å²) in [4.78, 5) is 30.1. The average molecular weight is 681 g/mol. The van der Waals surface area contributed by atoms with E-state index < -0.39 is 34.1 Å². The maximum atomic E-state index is 14.6. The van der Waals surface area contributed by atoms with Crippen LogP contribution < -0.4 is 9.62 Å². The van der Waals surface area contributed by atoms with E-state index in [0.29, 0.717) is 21.3 Å². The average Bonchev–Trinajstić information content (AvgIpc) is 2.99. The molecular formula is C36H39Cl2N3O4S. The molecule has 0 bridgehead atoms. The summed E-state index contributed by atoms with van der Waals surface area (Å²) in [6.07, 6.45) is 0.199. The van der Waals surface area contributed by atoms with Crippen molar-refractivity contribution >= 4 is 50.7 Å². The molecule has 1 atom stereocenters. The van der Waals surface area contributed by atoms with E-state index in [-0.39, 0.29) is 23.8 Å². The summed E-state index contributed by atoms with van der Waals surface area (Å²) >= 11 is 12.5. The number of aryl methyl sites for hydroxylation is 2. The molecule has 0 aliphatic heterocycles. The summed E-state index contributed by atoms with van der Waals surface area (Å²) < 4.78 is 29.5. The fourth-order valence-corrected chi connectivity index (χ4v) is 6.72. The monoisotopic (exact) mass is 679 g/mol. The van der Waals surface area contributed by atoms with Crippen molar-refractivity contribution in [1.29, 1.82) is 0 Å². The van der Waals surface area contributed by atoms with Crippen LogP contribution in [0.15, 0.2) is 102 Å². The van der Waals surface area contributed by atoms with Gasteiger partial charge in [-0.1, -0.05) is 89.4 Å². The van der Waals surface area contributed by atoms with Gasteiger partial charge in [0.1, 0.15) is 12.6 Å². The van der Waals surface area contributed by atoms with Gasteiger partial charge in [0.2, 0.25) is 11.8 Å². The lowest BCUT2D eigenvalue weighted by atomic mass is 10.0. The molecule has 46 heavy (non-hydrogen) atoms. The summed E-state index contributed by atoms with van der Waals surface area (Å²) in [6.45, 7) is 8.75. The normalized spacial score (nSPS) is 12.3. The molecular weight excluding hydrogens is 641 g/mol. The number of amides is 2. The van der Waals surface area contributed by atoms with Gasteiger partial charge in [-0.15, -0.1) is 0 Å². The van der Waals surface area contributed by atoms with Gasteiger partial charge in [-0.25, -0.2) is 8.42 Å². The molecule has 4 aromatic rings. The Bertz CT molecular complexity index is 1790. The Morgan fingerprint density at radius 1 is 0.783 bits per heavy atom. The standard InChI is InChI=1S/C36H39Cl2N3O4S/c1-25-14-17-30(18-15-25)46(44,45)41(29-13-9-10-26(2)20-29)24-34(42)40(23-28-16-19-31(37)32(38)21-28)33(35(43)39-36(3,4)5)22-27-11-7-6-8-12-27/h6-21,33H,22-24H2,1-5H3,(H,39,43)/t33-/m1/s1. The van der Waals surface area contributed by atoms with Gasteiger partial charge in [0.25, 0.3) is 10.0 Å². The number of anilines is 1. The van der Waals surface area contributed by atoms with Crippen molar-refractivity contribution in [3.63, 3.8) is 0 Å². The summed E-state index contributed by atoms with van der Waals surface area (Å²) in [7, 11) is -4.19. The van der Waals surface area contributed by atoms with Crippen LogP contribution >= 0.6 is 23.2 Å². The Hall–Kier alpha value is -3.85. The van der Waals surface area contributed by atoms with E-state index in [1.165, 1.54) is 17.0 Å². The first-order valence-electron chi connectivity index (χ1n) is 14.9. The molecule has 0 unspecified atom stereocenters. The van der Waals surface area contributed by atoms with Crippen molar-refractivity contribution in [1.82, 2.24) is 10.2 Å². The quantitative estimate of drug-likeness (QED) is 0.179. The van der Waals surface area contributed by atoms with E-state index in [0.717, 1.165) is 21.0 Å². The van der Waals surface area contributed by atoms with Crippen molar-refractivity contribution in [2.45, 2.75) is 64.1 Å². The Kier molecular flexibility index (Phi) is 11.2. The first-order valence-corrected chi connectivity index (χ1v) is 17.1. The molecule has 0 saturated heterocycles. The molecule has 1 N–H and O–H groups in total. The smallest absolute Gasteiger partial charge is 0.264 e. The van der Waals surface area contributed by atoms with Crippen molar-refractivity contribution in [2.75, 3.05) is 10.8 Å². The highest BCUT2D eigenvalue weighted by Gasteiger charge is 2.35. The number of carbonyl (C=O) groups excluding carboxylic acids is 2. The van der Waals surface area contributed by atoms with Crippen LogP contribution in [0.4, 0.5) is 5.69 Å². The van der Waals surface area contributed by atoms with Crippen molar-refractivity contribution < 1.29 is 18.0 Å². The highest BCUT2D eigenvalue weighted by atomic mass is 35.5. The molecule has 4 aromatic carbocycles. The molecule has 242 valence electrons. The molecule has 0 radical (unpaired) electrons. The van der Waals surface area contributed by atoms with Crippen LogP contribution in [-0.2, 0) is 32.6 Å². The number of hydrogen-bond acceptors (Lipinski definition) is 4. The van der Waals surface area contributed by atoms with Crippen molar-refractivity contribution in [3.05, 3.63) is 129 Å². The van der Waals surface area contributed by atoms with E-state index in [1.807, 2.05) is 71.0 Å². The molecule has 4 rings (SSSR count). The van der Waals surface area contributed by atoms with Gasteiger partial charge in [0, 0.05) is 18.5 Å². The van der Waals surface area contributed by atoms with Crippen LogP contribution in [0, 0.1) is 13.8 Å². The second-order valence-electron chi connectivity index (χ2n) is 12.4. The van der Waals surface area contributed by atoms with Crippen LogP contribution in [0.25, 0.3) is 0 Å². The molecule has 10 heteroatoms. The van der Waals surface area contributed by atoms with E-state index in [2.05, 4.69) is 5.32 Å². The molecule has 7 nitrogen and oxygen atoms in total. The lowest BCUT2D eigenvalue weighted by Gasteiger charge is -2.35. The van der Waals surface area contributed by atoms with Crippen LogP contribution in [0.5, 0.6) is 0 Å². The van der Waals surface area contributed by atoms with E-state index in [4.69, 9.17) is 23.2 Å². The van der Waals surface area contributed by atoms with E-state index in [1.54, 1.807) is 48.5 Å². The van der Waals surface area contributed by atoms with Crippen LogP contribution in [0.1, 0.15) is 43.0 Å². The Labute approximate surface area is 282 Å². The van der Waals surface area contributed by atoms with Gasteiger partial charge < -0.3 is 10.2 Å². The molecule has 0 aliphatic rings. The number of rotatable bonds is 11. The topological polar surface area (TPSA) is 86.8 Å². The Balaban J connectivity index is 1.83. The number of carbonyl (C=O) groups is 2. The zero-order chi connectivity index (χ0) is 33.6. The number of benzene rings is 4. The highest BCUT2D eigenvalue weighted by molar-refractivity contribution is 7.92. The van der Waals surface area contributed by atoms with Crippen LogP contribution in [0.3, 0.4) is 0 Å². The zero-order valence-corrected chi connectivity index (χ0v) is 29.0. The van der Waals surface area contributed by atoms with Gasteiger partial charge in [-0.3, -0.25) is 13.9 Å². The largest absolute Gasteiger partial charge is 0.350 e. The maximum Gasteiger partial charge on any atom is 0.264 e. The third-order valence-electron chi connectivity index (χ3n) is 7.28. The Morgan fingerprint density at radius 2 is 1.46 bits per heavy atom. The van der Waals surface area contributed by atoms with Crippen molar-refractivity contribution in [2.24, 2.45) is 0 Å². The maximum absolute atomic E-state index is 14.6. The van der Waals surface area contributed by atoms with Gasteiger partial charge in [0.05, 0.1) is 20.6 Å². The predicted octanol–water partition coefficient (Wildman–Crippen LogP) is 7.36. The molecule has 0 spiro atoms. The lowest BCUT2D eigenvalue weighted by Crippen LogP contribution is -2.56. The summed E-state index contributed by atoms with van der Waals surface area (Å²) in [5.41, 5.74) is 2.94. The van der Waals surface area contributed by atoms with Gasteiger partial charge in [-0.05, 0) is 87.7 Å². The van der Waals surface area contributed by atoms with Crippen LogP contribution in [-0.4, -0.2) is 43.3 Å². The molecule has 0 saturated carbocycles. The summed E-state index contributed by atoms with van der Waals surface area (Å²) in [5, 5.41) is 3.67. The molecule has 0 aromatic heterocycles. The second kappa shape index (κ2) is 14.7. The summed E-state index contributed by atoms with van der Waals surface area (Å²) in [6, 6.07) is 26.9. The first-order chi connectivity index (χ1) is 21.6. The SMILES string of the molecule is Cc1ccc(S(=O)(=O)N(CC(=O)N(Cc2ccc(Cl)c(Cl)c2)[C@H](Cc2ccccc2)C(=O)NC(C)(C)C)c2cccc(C)c2)cc1. The van der Waals surface area contributed by atoms with E-state index >= 15 is 0 Å². The molecule has 0 aliphatic carbocycles. The molecule has 0 fully saturated rings. The van der Waals surface area contributed by atoms with Gasteiger partial charge in [0.15, 0.2) is 0 Å². The van der Waals surface area contributed by atoms with Gasteiger partial charge >= 0.3 is 0 Å². The minimum atomic E-state index is -4.19. The highest BCUT2D eigenvalue weighted by Crippen LogP contribution is 2.28. The van der Waals surface area contributed by atoms with Crippen molar-refractivity contribution in [3.8, 4) is 0 Å². The van der Waals surface area contributed by atoms with Crippen LogP contribution in [0.2, 0.25) is 10.0 Å². The fourth-order valence-electron chi connectivity index (χ4n) is 4.99. The van der Waals surface area contributed by atoms with E-state index in [9.17, 15) is 18.0 Å². The number of halogens is 2. The number of nitrogens with one attached hydrogen (secondary N) is 1. The number of nitrogens with zero attached hydrogens (tertiary/aromatic N) is 2. The van der Waals surface area contributed by atoms with Gasteiger partial charge in [-0.2, -0.15) is 0 Å². The number of sulfonamides is 1. The minimum Gasteiger partial charge on any atom is -0.350 e. The predicted molar refractivity (Wildman–Crippen MR) is 186 cm³/mol. The summed E-state index contributed by atoms with van der Waals surface area (Å²) in [5.74, 6) is -0.929. The zero-order valence-electron chi connectivity index (χ0n) is 26.6. The third kappa shape index (κ3) is 9.12. The second-order valence-corrected chi connectivity index (χ2v) is 15.1. The molecule has 2 amide bonds. The fraction of sp³-hybridized carbons (Fsp3) is 0.278. The molecule has 0 heterocycles. The lowest BCUT2D eigenvalue weighted by molar-refractivity contribution is -0.140. The Morgan fingerprint density at radius 3 is 2.07 bits per heavy atom. The first kappa shape index (κ1) is 35.0. The third-order valence-corrected chi connectivity index (χ3v) is 9.81.